The Morgan fingerprint density at radius 3 is 1.46 bits per heavy atom. The van der Waals surface area contributed by atoms with Gasteiger partial charge in [-0.25, -0.2) is 0 Å². The second kappa shape index (κ2) is 20.3. The van der Waals surface area contributed by atoms with Crippen molar-refractivity contribution in [1.82, 2.24) is 24.8 Å². The van der Waals surface area contributed by atoms with Crippen LogP contribution in [0.5, 0.6) is 11.5 Å². The summed E-state index contributed by atoms with van der Waals surface area (Å²) >= 11 is 5.99. The van der Waals surface area contributed by atoms with Crippen molar-refractivity contribution in [1.29, 1.82) is 0 Å². The van der Waals surface area contributed by atoms with Crippen LogP contribution in [0.15, 0.2) is 42.5 Å². The van der Waals surface area contributed by atoms with Gasteiger partial charge >= 0.3 is 11.9 Å². The lowest BCUT2D eigenvalue weighted by molar-refractivity contribution is -0.188. The lowest BCUT2D eigenvalue weighted by Gasteiger charge is -2.53. The second-order valence-electron chi connectivity index (χ2n) is 26.7. The molecule has 0 aliphatic carbocycles. The molecule has 2 fully saturated rings. The average Bonchev–Trinajstić information content (AvgIpc) is 3.63. The zero-order valence-electron chi connectivity index (χ0n) is 47.5. The predicted octanol–water partition coefficient (Wildman–Crippen LogP) is 13.5. The first-order valence-corrected chi connectivity index (χ1v) is 26.3. The third kappa shape index (κ3) is 12.8. The molecule has 0 radical (unpaired) electrons. The van der Waals surface area contributed by atoms with Crippen LogP contribution in [0.1, 0.15) is 197 Å². The number of aryl methyl sites for hydroxylation is 1. The Kier molecular flexibility index (Phi) is 16.5. The molecular weight excluding hydrogens is 910 g/mol. The number of halogens is 1. The van der Waals surface area contributed by atoms with Gasteiger partial charge in [0.05, 0.1) is 0 Å². The summed E-state index contributed by atoms with van der Waals surface area (Å²) in [4.78, 5) is 36.1. The molecule has 0 unspecified atom stereocenters. The summed E-state index contributed by atoms with van der Waals surface area (Å²) in [5.74, 6) is -0.480. The number of rotatable bonds is 10. The molecule has 6 rings (SSSR count). The van der Waals surface area contributed by atoms with Crippen LogP contribution >= 0.6 is 11.6 Å². The number of hydrogen-bond donors (Lipinski definition) is 2. The van der Waals surface area contributed by atoms with E-state index in [1.54, 1.807) is 12.1 Å². The van der Waals surface area contributed by atoms with Gasteiger partial charge in [-0.2, -0.15) is 0 Å². The normalized spacial score (nSPS) is 19.0. The van der Waals surface area contributed by atoms with Crippen LogP contribution in [0, 0.1) is 12.3 Å². The number of piperidine rings is 2. The highest BCUT2D eigenvalue weighted by Gasteiger charge is 2.54. The molecule has 0 atom stereocenters. The smallest absolute Gasteiger partial charge is 0.324 e. The molecule has 71 heavy (non-hydrogen) atoms. The van der Waals surface area contributed by atoms with Crippen molar-refractivity contribution in [3.63, 3.8) is 0 Å². The first-order chi connectivity index (χ1) is 32.3. The predicted molar refractivity (Wildman–Crippen MR) is 290 cm³/mol. The van der Waals surface area contributed by atoms with Crippen LogP contribution in [-0.2, 0) is 41.7 Å². The zero-order chi connectivity index (χ0) is 53.8. The van der Waals surface area contributed by atoms with Crippen molar-refractivity contribution >= 4 is 34.6 Å². The van der Waals surface area contributed by atoms with Crippen molar-refractivity contribution in [2.24, 2.45) is 5.41 Å². The minimum atomic E-state index is -1.54. The molecule has 3 heterocycles. The maximum Gasteiger partial charge on any atom is 0.324 e. The number of likely N-dealkylation sites (tertiary alicyclic amines) is 2. The van der Waals surface area contributed by atoms with Crippen molar-refractivity contribution in [3.8, 4) is 17.2 Å². The number of ether oxygens (including phenoxy) is 2. The summed E-state index contributed by atoms with van der Waals surface area (Å²) in [6.45, 7) is 40.3. The van der Waals surface area contributed by atoms with Gasteiger partial charge in [-0.3, -0.25) is 19.4 Å². The SMILES string of the molecule is CCCCC(Cc1cc(C(C)(C)C)c(O)c(C(C)(C)C)c1)(C(=O)OC1CC(C)(C)N(C)C(C)(C)C1)C(=O)OC1CC(C)(C)N(C)C(C)(C)C1.Cc1cc(-n2nc3ccc(Cl)cc3n2)c(O)c(C(C)(C)C)c1. The van der Waals surface area contributed by atoms with Gasteiger partial charge in [0, 0.05) is 58.4 Å². The van der Waals surface area contributed by atoms with Gasteiger partial charge in [0.25, 0.3) is 0 Å². The van der Waals surface area contributed by atoms with Gasteiger partial charge in [0.2, 0.25) is 0 Å². The minimum Gasteiger partial charge on any atom is -0.507 e. The monoisotopic (exact) mass is 1000 g/mol. The Balaban J connectivity index is 0.000000351. The lowest BCUT2D eigenvalue weighted by Crippen LogP contribution is -2.61. The number of nitrogens with zero attached hydrogens (tertiary/aromatic N) is 5. The molecule has 0 amide bonds. The number of carbonyl (C=O) groups is 2. The highest BCUT2D eigenvalue weighted by molar-refractivity contribution is 6.31. The molecule has 12 heteroatoms. The van der Waals surface area contributed by atoms with Gasteiger partial charge in [0.1, 0.15) is 40.4 Å². The van der Waals surface area contributed by atoms with Crippen molar-refractivity contribution in [2.45, 2.75) is 234 Å². The molecule has 4 aromatic rings. The van der Waals surface area contributed by atoms with Crippen LogP contribution in [0.4, 0.5) is 0 Å². The lowest BCUT2D eigenvalue weighted by atomic mass is 9.73. The maximum absolute atomic E-state index is 15.0. The standard InChI is InChI=1S/C42H72N2O5.C17H18ClN3O/c1-18-19-20-42(34(46)48-29-24-38(8,9)43(16)39(10,11)25-29,35(47)49-30-26-40(12,13)44(17)41(14,15)27-30)23-28-21-31(36(2,3)4)33(45)32(22-28)37(5,6)7;1-10-7-12(17(2,3)4)16(22)15(8-10)21-19-13-6-5-11(18)9-14(13)20-21/h21-22,29-30,45H,18-20,23-27H2,1-17H3;5-9,22H,1-4H3. The van der Waals surface area contributed by atoms with Crippen LogP contribution in [-0.4, -0.2) is 95.4 Å². The average molecular weight is 1000 g/mol. The van der Waals surface area contributed by atoms with Crippen LogP contribution < -0.4 is 0 Å². The van der Waals surface area contributed by atoms with Crippen LogP contribution in [0.25, 0.3) is 16.7 Å². The van der Waals surface area contributed by atoms with E-state index >= 15 is 0 Å². The Bertz CT molecular complexity index is 2440. The fourth-order valence-corrected chi connectivity index (χ4v) is 11.2. The number of carbonyl (C=O) groups excluding carboxylic acids is 2. The summed E-state index contributed by atoms with van der Waals surface area (Å²) in [5.41, 5.74) is 3.22. The highest BCUT2D eigenvalue weighted by Crippen LogP contribution is 2.46. The van der Waals surface area contributed by atoms with E-state index < -0.39 is 17.4 Å². The molecule has 0 bridgehead atoms. The Morgan fingerprint density at radius 1 is 0.648 bits per heavy atom. The number of esters is 2. The molecule has 1 aromatic heterocycles. The molecule has 11 nitrogen and oxygen atoms in total. The number of hydrogen-bond acceptors (Lipinski definition) is 10. The zero-order valence-corrected chi connectivity index (χ0v) is 48.3. The number of fused-ring (bicyclic) bond motifs is 1. The van der Waals surface area contributed by atoms with Gasteiger partial charge in [0.15, 0.2) is 5.41 Å². The quantitative estimate of drug-likeness (QED) is 0.117. The number of phenols is 2. The van der Waals surface area contributed by atoms with E-state index in [2.05, 4.69) is 159 Å². The molecular formula is C59H90ClN5O6. The molecule has 3 aromatic carbocycles. The Hall–Kier alpha value is -4.19. The van der Waals surface area contributed by atoms with Crippen LogP contribution in [0.3, 0.4) is 0 Å². The van der Waals surface area contributed by atoms with E-state index in [-0.39, 0.29) is 68.5 Å². The number of benzene rings is 3. The molecule has 0 saturated carbocycles. The van der Waals surface area contributed by atoms with Crippen molar-refractivity contribution < 1.29 is 29.3 Å². The Morgan fingerprint density at radius 2 is 1.06 bits per heavy atom. The van der Waals surface area contributed by atoms with Gasteiger partial charge in [-0.15, -0.1) is 15.0 Å². The number of aromatic hydroxyl groups is 2. The summed E-state index contributed by atoms with van der Waals surface area (Å²) < 4.78 is 13.1. The number of aromatic nitrogens is 3. The molecule has 0 spiro atoms. The molecule has 2 aliphatic heterocycles. The van der Waals surface area contributed by atoms with Crippen LogP contribution in [0.2, 0.25) is 5.02 Å². The number of phenolic OH excluding ortho intramolecular Hbond substituents is 2. The summed E-state index contributed by atoms with van der Waals surface area (Å²) in [5, 5.41) is 31.7. The maximum atomic E-state index is 15.0. The first-order valence-electron chi connectivity index (χ1n) is 25.9. The minimum absolute atomic E-state index is 0.149. The topological polar surface area (TPSA) is 130 Å². The first kappa shape index (κ1) is 57.7. The van der Waals surface area contributed by atoms with E-state index in [4.69, 9.17) is 21.1 Å². The van der Waals surface area contributed by atoms with Crippen molar-refractivity contribution in [3.05, 3.63) is 75.3 Å². The van der Waals surface area contributed by atoms with Gasteiger partial charge in [-0.05, 0) is 152 Å². The fraction of sp³-hybridized carbons (Fsp3) is 0.661. The summed E-state index contributed by atoms with van der Waals surface area (Å²) in [7, 11) is 4.27. The van der Waals surface area contributed by atoms with Gasteiger partial charge < -0.3 is 19.7 Å². The van der Waals surface area contributed by atoms with Crippen molar-refractivity contribution in [2.75, 3.05) is 14.1 Å². The Labute approximate surface area is 432 Å². The summed E-state index contributed by atoms with van der Waals surface area (Å²) in [6.07, 6.45) is 4.01. The molecule has 2 aliphatic rings. The third-order valence-electron chi connectivity index (χ3n) is 15.7. The largest absolute Gasteiger partial charge is 0.507 e. The number of unbranched alkanes of at least 4 members (excludes halogenated alkanes) is 1. The van der Waals surface area contributed by atoms with E-state index in [0.29, 0.717) is 54.8 Å². The van der Waals surface area contributed by atoms with E-state index in [0.717, 1.165) is 39.8 Å². The second-order valence-corrected chi connectivity index (χ2v) is 27.1. The highest BCUT2D eigenvalue weighted by atomic mass is 35.5. The van der Waals surface area contributed by atoms with Gasteiger partial charge in [-0.1, -0.05) is 112 Å². The van der Waals surface area contributed by atoms with E-state index in [1.807, 2.05) is 37.3 Å². The van der Waals surface area contributed by atoms with E-state index in [9.17, 15) is 19.8 Å². The molecule has 2 saturated heterocycles. The summed E-state index contributed by atoms with van der Waals surface area (Å²) in [6, 6.07) is 13.2. The third-order valence-corrected chi connectivity index (χ3v) is 16.0. The fourth-order valence-electron chi connectivity index (χ4n) is 11.0. The molecule has 2 N–H and O–H groups in total. The van der Waals surface area contributed by atoms with E-state index in [1.165, 1.54) is 4.80 Å². The molecule has 394 valence electrons.